The molecule has 2 aromatic rings. The second kappa shape index (κ2) is 6.24. The maximum Gasteiger partial charge on any atom is 0.306 e. The number of aromatic nitrogens is 1. The Labute approximate surface area is 133 Å². The first kappa shape index (κ1) is 15.3. The van der Waals surface area contributed by atoms with E-state index in [4.69, 9.17) is 9.52 Å². The van der Waals surface area contributed by atoms with Crippen LogP contribution in [0.3, 0.4) is 0 Å². The third-order valence-corrected chi connectivity index (χ3v) is 4.15. The average Bonchev–Trinajstić information content (AvgIpc) is 3.16. The SMILES string of the molecule is Cc1coc(-c2cccc(NC(=O)[C@@H]3CC[C@H](C(=O)O)C3)c2)n1. The summed E-state index contributed by atoms with van der Waals surface area (Å²) in [4.78, 5) is 27.5. The lowest BCUT2D eigenvalue weighted by molar-refractivity contribution is -0.141. The van der Waals surface area contributed by atoms with E-state index in [2.05, 4.69) is 10.3 Å². The van der Waals surface area contributed by atoms with Gasteiger partial charge in [-0.3, -0.25) is 9.59 Å². The monoisotopic (exact) mass is 314 g/mol. The van der Waals surface area contributed by atoms with Crippen molar-refractivity contribution in [1.29, 1.82) is 0 Å². The van der Waals surface area contributed by atoms with Crippen LogP contribution in [0.5, 0.6) is 0 Å². The lowest BCUT2D eigenvalue weighted by Crippen LogP contribution is -2.21. The van der Waals surface area contributed by atoms with Crippen LogP contribution in [0.15, 0.2) is 34.9 Å². The summed E-state index contributed by atoms with van der Waals surface area (Å²) in [6.07, 6.45) is 3.15. The zero-order valence-electron chi connectivity index (χ0n) is 12.8. The average molecular weight is 314 g/mol. The van der Waals surface area contributed by atoms with Crippen molar-refractivity contribution in [1.82, 2.24) is 4.98 Å². The third-order valence-electron chi connectivity index (χ3n) is 4.15. The van der Waals surface area contributed by atoms with E-state index in [1.54, 1.807) is 18.4 Å². The normalized spacial score (nSPS) is 20.4. The molecule has 1 aromatic carbocycles. The van der Waals surface area contributed by atoms with Crippen molar-refractivity contribution < 1.29 is 19.1 Å². The van der Waals surface area contributed by atoms with E-state index >= 15 is 0 Å². The van der Waals surface area contributed by atoms with E-state index in [-0.39, 0.29) is 11.8 Å². The minimum Gasteiger partial charge on any atom is -0.481 e. The van der Waals surface area contributed by atoms with Gasteiger partial charge in [0.15, 0.2) is 0 Å². The molecule has 2 N–H and O–H groups in total. The fourth-order valence-corrected chi connectivity index (χ4v) is 2.90. The molecule has 0 radical (unpaired) electrons. The van der Waals surface area contributed by atoms with Gasteiger partial charge in [-0.1, -0.05) is 6.07 Å². The Morgan fingerprint density at radius 2 is 2.09 bits per heavy atom. The van der Waals surface area contributed by atoms with E-state index in [0.717, 1.165) is 11.3 Å². The van der Waals surface area contributed by atoms with Crippen LogP contribution in [0.25, 0.3) is 11.5 Å². The van der Waals surface area contributed by atoms with E-state index in [0.29, 0.717) is 30.8 Å². The molecule has 0 saturated heterocycles. The smallest absolute Gasteiger partial charge is 0.306 e. The Morgan fingerprint density at radius 1 is 1.30 bits per heavy atom. The number of carbonyl (C=O) groups is 2. The molecule has 1 saturated carbocycles. The van der Waals surface area contributed by atoms with Crippen LogP contribution >= 0.6 is 0 Å². The number of amides is 1. The van der Waals surface area contributed by atoms with Crippen molar-refractivity contribution in [2.75, 3.05) is 5.32 Å². The number of rotatable bonds is 4. The number of aliphatic carboxylic acids is 1. The lowest BCUT2D eigenvalue weighted by Gasteiger charge is -2.11. The van der Waals surface area contributed by atoms with Gasteiger partial charge in [0.1, 0.15) is 6.26 Å². The van der Waals surface area contributed by atoms with E-state index in [1.165, 1.54) is 0 Å². The number of hydrogen-bond donors (Lipinski definition) is 2. The molecule has 1 aliphatic carbocycles. The van der Waals surface area contributed by atoms with Gasteiger partial charge in [0.2, 0.25) is 11.8 Å². The number of anilines is 1. The van der Waals surface area contributed by atoms with Gasteiger partial charge in [0.05, 0.1) is 11.6 Å². The molecule has 6 nitrogen and oxygen atoms in total. The Kier molecular flexibility index (Phi) is 4.14. The van der Waals surface area contributed by atoms with Crippen LogP contribution in [-0.2, 0) is 9.59 Å². The molecule has 1 fully saturated rings. The summed E-state index contributed by atoms with van der Waals surface area (Å²) in [5, 5.41) is 11.9. The van der Waals surface area contributed by atoms with Gasteiger partial charge in [-0.2, -0.15) is 0 Å². The third kappa shape index (κ3) is 3.41. The number of benzene rings is 1. The van der Waals surface area contributed by atoms with Crippen LogP contribution < -0.4 is 5.32 Å². The summed E-state index contributed by atoms with van der Waals surface area (Å²) in [5.41, 5.74) is 2.23. The van der Waals surface area contributed by atoms with Crippen molar-refractivity contribution in [2.45, 2.75) is 26.2 Å². The fraction of sp³-hybridized carbons (Fsp3) is 0.353. The maximum absolute atomic E-state index is 12.3. The minimum absolute atomic E-state index is 0.130. The molecular formula is C17H18N2O4. The molecule has 1 heterocycles. The first-order valence-electron chi connectivity index (χ1n) is 7.59. The summed E-state index contributed by atoms with van der Waals surface area (Å²) in [6.45, 7) is 1.84. The van der Waals surface area contributed by atoms with E-state index in [1.807, 2.05) is 19.1 Å². The van der Waals surface area contributed by atoms with Crippen LogP contribution in [0.2, 0.25) is 0 Å². The van der Waals surface area contributed by atoms with Gasteiger partial charge in [0, 0.05) is 17.2 Å². The zero-order chi connectivity index (χ0) is 16.4. The van der Waals surface area contributed by atoms with Gasteiger partial charge < -0.3 is 14.8 Å². The number of aryl methyl sites for hydroxylation is 1. The topological polar surface area (TPSA) is 92.4 Å². The van der Waals surface area contributed by atoms with Gasteiger partial charge in [-0.15, -0.1) is 0 Å². The second-order valence-electron chi connectivity index (χ2n) is 5.91. The molecule has 0 spiro atoms. The number of carboxylic acids is 1. The molecule has 1 amide bonds. The highest BCUT2D eigenvalue weighted by atomic mass is 16.4. The number of carbonyl (C=O) groups excluding carboxylic acids is 1. The van der Waals surface area contributed by atoms with Gasteiger partial charge in [-0.05, 0) is 44.4 Å². The molecule has 1 aliphatic rings. The first-order chi connectivity index (χ1) is 11.0. The van der Waals surface area contributed by atoms with Gasteiger partial charge in [-0.25, -0.2) is 4.98 Å². The zero-order valence-corrected chi connectivity index (χ0v) is 12.8. The highest BCUT2D eigenvalue weighted by Crippen LogP contribution is 2.32. The predicted octanol–water partition coefficient (Wildman–Crippen LogP) is 3.09. The Bertz CT molecular complexity index is 738. The van der Waals surface area contributed by atoms with Crippen molar-refractivity contribution in [3.8, 4) is 11.5 Å². The van der Waals surface area contributed by atoms with Crippen molar-refractivity contribution in [3.63, 3.8) is 0 Å². The molecule has 6 heteroatoms. The molecule has 120 valence electrons. The summed E-state index contributed by atoms with van der Waals surface area (Å²) in [5.74, 6) is -1.10. The van der Waals surface area contributed by atoms with Crippen LogP contribution in [0, 0.1) is 18.8 Å². The highest BCUT2D eigenvalue weighted by molar-refractivity contribution is 5.93. The minimum atomic E-state index is -0.818. The molecule has 0 aliphatic heterocycles. The van der Waals surface area contributed by atoms with Gasteiger partial charge >= 0.3 is 5.97 Å². The van der Waals surface area contributed by atoms with Crippen LogP contribution in [-0.4, -0.2) is 22.0 Å². The number of nitrogens with one attached hydrogen (secondary N) is 1. The summed E-state index contributed by atoms with van der Waals surface area (Å²) < 4.78 is 5.36. The molecule has 0 bridgehead atoms. The van der Waals surface area contributed by atoms with Crippen molar-refractivity contribution in [2.24, 2.45) is 11.8 Å². The predicted molar refractivity (Wildman–Crippen MR) is 83.8 cm³/mol. The number of carboxylic acid groups (broad SMARTS) is 1. The molecule has 23 heavy (non-hydrogen) atoms. The Balaban J connectivity index is 1.69. The molecule has 1 aromatic heterocycles. The molecule has 0 unspecified atom stereocenters. The van der Waals surface area contributed by atoms with Gasteiger partial charge in [0.25, 0.3) is 0 Å². The first-order valence-corrected chi connectivity index (χ1v) is 7.59. The number of hydrogen-bond acceptors (Lipinski definition) is 4. The van der Waals surface area contributed by atoms with Crippen molar-refractivity contribution in [3.05, 3.63) is 36.2 Å². The summed E-state index contributed by atoms with van der Waals surface area (Å²) in [7, 11) is 0. The summed E-state index contributed by atoms with van der Waals surface area (Å²) >= 11 is 0. The molecule has 2 atom stereocenters. The number of oxazole rings is 1. The van der Waals surface area contributed by atoms with Crippen molar-refractivity contribution >= 4 is 17.6 Å². The largest absolute Gasteiger partial charge is 0.481 e. The van der Waals surface area contributed by atoms with Crippen LogP contribution in [0.1, 0.15) is 25.0 Å². The lowest BCUT2D eigenvalue weighted by atomic mass is 10.0. The number of nitrogens with zero attached hydrogens (tertiary/aromatic N) is 1. The molecular weight excluding hydrogens is 296 g/mol. The van der Waals surface area contributed by atoms with Crippen LogP contribution in [0.4, 0.5) is 5.69 Å². The quantitative estimate of drug-likeness (QED) is 0.904. The second-order valence-corrected chi connectivity index (χ2v) is 5.91. The standard InChI is InChI=1S/C17H18N2O4/c1-10-9-23-16(18-10)12-3-2-4-14(8-12)19-15(20)11-5-6-13(7-11)17(21)22/h2-4,8-9,11,13H,5-7H2,1H3,(H,19,20)(H,21,22)/t11-,13+/m1/s1. The summed E-state index contributed by atoms with van der Waals surface area (Å²) in [6, 6.07) is 7.27. The fourth-order valence-electron chi connectivity index (χ4n) is 2.90. The molecule has 3 rings (SSSR count). The Morgan fingerprint density at radius 3 is 2.74 bits per heavy atom. The maximum atomic E-state index is 12.3. The highest BCUT2D eigenvalue weighted by Gasteiger charge is 2.33. The van der Waals surface area contributed by atoms with E-state index in [9.17, 15) is 9.59 Å². The van der Waals surface area contributed by atoms with E-state index < -0.39 is 11.9 Å². The Hall–Kier alpha value is -2.63.